The van der Waals surface area contributed by atoms with Crippen LogP contribution < -0.4 is 10.1 Å². The van der Waals surface area contributed by atoms with Gasteiger partial charge in [-0.15, -0.1) is 10.2 Å². The van der Waals surface area contributed by atoms with Gasteiger partial charge in [0.15, 0.2) is 0 Å². The van der Waals surface area contributed by atoms with E-state index >= 15 is 0 Å². The third kappa shape index (κ3) is 3.12. The largest absolute Gasteiger partial charge is 0.469 e. The molecule has 1 aromatic rings. The molecule has 1 atom stereocenters. The lowest BCUT2D eigenvalue weighted by molar-refractivity contribution is 0.166. The van der Waals surface area contributed by atoms with Crippen molar-refractivity contribution in [3.8, 4) is 5.19 Å². The van der Waals surface area contributed by atoms with Gasteiger partial charge in [0, 0.05) is 19.1 Å². The Labute approximate surface area is 92.8 Å². The summed E-state index contributed by atoms with van der Waals surface area (Å²) in [4.78, 5) is 0. The van der Waals surface area contributed by atoms with Crippen molar-refractivity contribution in [3.05, 3.63) is 5.01 Å². The van der Waals surface area contributed by atoms with E-state index in [9.17, 15) is 0 Å². The van der Waals surface area contributed by atoms with E-state index < -0.39 is 0 Å². The van der Waals surface area contributed by atoms with Gasteiger partial charge in [-0.1, -0.05) is 11.3 Å². The van der Waals surface area contributed by atoms with Gasteiger partial charge in [0.25, 0.3) is 5.19 Å². The smallest absolute Gasteiger partial charge is 0.294 e. The molecule has 0 saturated carbocycles. The molecule has 0 radical (unpaired) electrons. The van der Waals surface area contributed by atoms with Crippen LogP contribution in [0.25, 0.3) is 0 Å². The highest BCUT2D eigenvalue weighted by Gasteiger charge is 2.17. The molecule has 6 heteroatoms. The van der Waals surface area contributed by atoms with Crippen LogP contribution in [0.5, 0.6) is 5.19 Å². The molecule has 0 bridgehead atoms. The highest BCUT2D eigenvalue weighted by Crippen LogP contribution is 2.20. The SMILES string of the molecule is CNCc1nnc(OCC2CCOC2)s1. The summed E-state index contributed by atoms with van der Waals surface area (Å²) in [6, 6.07) is 0. The highest BCUT2D eigenvalue weighted by atomic mass is 32.1. The Morgan fingerprint density at radius 3 is 3.27 bits per heavy atom. The Bertz CT molecular complexity index is 299. The average Bonchev–Trinajstić information content (AvgIpc) is 2.85. The Balaban J connectivity index is 1.77. The zero-order valence-corrected chi connectivity index (χ0v) is 9.55. The third-order valence-corrected chi connectivity index (χ3v) is 3.08. The molecule has 1 aromatic heterocycles. The first-order chi connectivity index (χ1) is 7.38. The molecular formula is C9H15N3O2S. The van der Waals surface area contributed by atoms with E-state index in [-0.39, 0.29) is 0 Å². The molecule has 2 rings (SSSR count). The molecular weight excluding hydrogens is 214 g/mol. The average molecular weight is 229 g/mol. The van der Waals surface area contributed by atoms with E-state index in [1.165, 1.54) is 11.3 Å². The number of ether oxygens (including phenoxy) is 2. The quantitative estimate of drug-likeness (QED) is 0.804. The van der Waals surface area contributed by atoms with Crippen molar-refractivity contribution in [3.63, 3.8) is 0 Å². The van der Waals surface area contributed by atoms with Crippen LogP contribution in [-0.4, -0.2) is 37.1 Å². The van der Waals surface area contributed by atoms with Crippen LogP contribution in [0.3, 0.4) is 0 Å². The first-order valence-electron chi connectivity index (χ1n) is 5.06. The molecule has 1 N–H and O–H groups in total. The van der Waals surface area contributed by atoms with Crippen molar-refractivity contribution in [2.24, 2.45) is 5.92 Å². The van der Waals surface area contributed by atoms with Crippen LogP contribution >= 0.6 is 11.3 Å². The van der Waals surface area contributed by atoms with E-state index in [1.54, 1.807) is 0 Å². The molecule has 0 spiro atoms. The molecule has 1 aliphatic heterocycles. The van der Waals surface area contributed by atoms with Gasteiger partial charge in [0.1, 0.15) is 5.01 Å². The van der Waals surface area contributed by atoms with Crippen LogP contribution in [0.1, 0.15) is 11.4 Å². The summed E-state index contributed by atoms with van der Waals surface area (Å²) in [5, 5.41) is 12.6. The van der Waals surface area contributed by atoms with Crippen molar-refractivity contribution >= 4 is 11.3 Å². The van der Waals surface area contributed by atoms with Gasteiger partial charge in [-0.05, 0) is 13.5 Å². The van der Waals surface area contributed by atoms with Crippen LogP contribution in [0.15, 0.2) is 0 Å². The fourth-order valence-corrected chi connectivity index (χ4v) is 2.13. The molecule has 0 aliphatic carbocycles. The lowest BCUT2D eigenvalue weighted by atomic mass is 10.1. The number of nitrogens with zero attached hydrogens (tertiary/aromatic N) is 2. The van der Waals surface area contributed by atoms with E-state index in [1.807, 2.05) is 7.05 Å². The van der Waals surface area contributed by atoms with Crippen LogP contribution in [0.2, 0.25) is 0 Å². The minimum Gasteiger partial charge on any atom is -0.469 e. The van der Waals surface area contributed by atoms with Gasteiger partial charge in [-0.25, -0.2) is 0 Å². The second kappa shape index (κ2) is 5.39. The summed E-state index contributed by atoms with van der Waals surface area (Å²) < 4.78 is 10.8. The third-order valence-electron chi connectivity index (χ3n) is 2.24. The topological polar surface area (TPSA) is 56.3 Å². The standard InChI is InChI=1S/C9H15N3O2S/c1-10-4-8-11-12-9(15-8)14-6-7-2-3-13-5-7/h7,10H,2-6H2,1H3. The maximum absolute atomic E-state index is 5.55. The van der Waals surface area contributed by atoms with Gasteiger partial charge in [0.05, 0.1) is 13.2 Å². The lowest BCUT2D eigenvalue weighted by Crippen LogP contribution is -2.11. The summed E-state index contributed by atoms with van der Waals surface area (Å²) in [6.07, 6.45) is 1.09. The normalized spacial score (nSPS) is 20.7. The first-order valence-corrected chi connectivity index (χ1v) is 5.87. The Morgan fingerprint density at radius 1 is 1.60 bits per heavy atom. The molecule has 1 unspecified atom stereocenters. The van der Waals surface area contributed by atoms with Gasteiger partial charge in [-0.2, -0.15) is 0 Å². The van der Waals surface area contributed by atoms with E-state index in [4.69, 9.17) is 9.47 Å². The van der Waals surface area contributed by atoms with Crippen molar-refractivity contribution < 1.29 is 9.47 Å². The summed E-state index contributed by atoms with van der Waals surface area (Å²) in [5.74, 6) is 0.515. The molecule has 0 aromatic carbocycles. The second-order valence-corrected chi connectivity index (χ2v) is 4.56. The number of aromatic nitrogens is 2. The summed E-state index contributed by atoms with van der Waals surface area (Å²) in [5.41, 5.74) is 0. The number of hydrogen-bond acceptors (Lipinski definition) is 6. The predicted molar refractivity (Wildman–Crippen MR) is 57.1 cm³/mol. The summed E-state index contributed by atoms with van der Waals surface area (Å²) in [7, 11) is 1.89. The number of nitrogens with one attached hydrogen (secondary N) is 1. The van der Waals surface area contributed by atoms with E-state index in [0.717, 1.165) is 31.2 Å². The zero-order chi connectivity index (χ0) is 10.5. The second-order valence-electron chi connectivity index (χ2n) is 3.53. The molecule has 0 amide bonds. The fraction of sp³-hybridized carbons (Fsp3) is 0.778. The minimum absolute atomic E-state index is 0.515. The van der Waals surface area contributed by atoms with Crippen LogP contribution in [0.4, 0.5) is 0 Å². The summed E-state index contributed by atoms with van der Waals surface area (Å²) >= 11 is 1.49. The van der Waals surface area contributed by atoms with Crippen molar-refractivity contribution in [1.29, 1.82) is 0 Å². The minimum atomic E-state index is 0.515. The van der Waals surface area contributed by atoms with Gasteiger partial charge in [-0.3, -0.25) is 0 Å². The van der Waals surface area contributed by atoms with Crippen LogP contribution in [-0.2, 0) is 11.3 Å². The maximum atomic E-state index is 5.55. The zero-order valence-electron chi connectivity index (χ0n) is 8.73. The number of rotatable bonds is 5. The van der Waals surface area contributed by atoms with Crippen molar-refractivity contribution in [2.75, 3.05) is 26.9 Å². The number of hydrogen-bond donors (Lipinski definition) is 1. The molecule has 5 nitrogen and oxygen atoms in total. The molecule has 84 valence electrons. The predicted octanol–water partition coefficient (Wildman–Crippen LogP) is 0.673. The van der Waals surface area contributed by atoms with E-state index in [2.05, 4.69) is 15.5 Å². The van der Waals surface area contributed by atoms with Crippen LogP contribution in [0, 0.1) is 5.92 Å². The van der Waals surface area contributed by atoms with Crippen molar-refractivity contribution in [2.45, 2.75) is 13.0 Å². The Kier molecular flexibility index (Phi) is 3.87. The highest BCUT2D eigenvalue weighted by molar-refractivity contribution is 7.13. The van der Waals surface area contributed by atoms with Crippen molar-refractivity contribution in [1.82, 2.24) is 15.5 Å². The monoisotopic (exact) mass is 229 g/mol. The van der Waals surface area contributed by atoms with Gasteiger partial charge < -0.3 is 14.8 Å². The van der Waals surface area contributed by atoms with Gasteiger partial charge >= 0.3 is 0 Å². The Morgan fingerprint density at radius 2 is 2.53 bits per heavy atom. The molecule has 15 heavy (non-hydrogen) atoms. The Hall–Kier alpha value is -0.720. The van der Waals surface area contributed by atoms with Gasteiger partial charge in [0.2, 0.25) is 0 Å². The fourth-order valence-electron chi connectivity index (χ4n) is 1.42. The lowest BCUT2D eigenvalue weighted by Gasteiger charge is -2.06. The maximum Gasteiger partial charge on any atom is 0.294 e. The van der Waals surface area contributed by atoms with E-state index in [0.29, 0.717) is 17.7 Å². The summed E-state index contributed by atoms with van der Waals surface area (Å²) in [6.45, 7) is 3.10. The molecule has 1 aliphatic rings. The molecule has 1 saturated heterocycles. The molecule has 2 heterocycles. The first kappa shape index (κ1) is 10.8. The molecule has 1 fully saturated rings.